The summed E-state index contributed by atoms with van der Waals surface area (Å²) in [5, 5.41) is 7.73. The standard InChI is InChI=1S/C17H15BrClNS/c1-10-6-7-11(19)8-13(10)16(20-2)14-9-21-17-12(14)4-3-5-15(17)18/h3-9,16,20H,1-2H3. The molecule has 0 aliphatic heterocycles. The SMILES string of the molecule is CNC(c1cc(Cl)ccc1C)c1csc2c(Br)cccc12. The number of aryl methyl sites for hydroxylation is 1. The van der Waals surface area contributed by atoms with Crippen molar-refractivity contribution in [3.63, 3.8) is 0 Å². The molecule has 1 nitrogen and oxygen atoms in total. The molecule has 0 radical (unpaired) electrons. The average molecular weight is 381 g/mol. The van der Waals surface area contributed by atoms with Gasteiger partial charge in [-0.2, -0.15) is 0 Å². The number of halogens is 2. The van der Waals surface area contributed by atoms with Crippen molar-refractivity contribution in [1.29, 1.82) is 0 Å². The van der Waals surface area contributed by atoms with Crippen molar-refractivity contribution in [1.82, 2.24) is 5.32 Å². The lowest BCUT2D eigenvalue weighted by Crippen LogP contribution is -2.18. The molecule has 0 fully saturated rings. The van der Waals surface area contributed by atoms with Gasteiger partial charge in [-0.05, 0) is 75.6 Å². The van der Waals surface area contributed by atoms with Crippen molar-refractivity contribution in [2.24, 2.45) is 0 Å². The van der Waals surface area contributed by atoms with Gasteiger partial charge in [0.2, 0.25) is 0 Å². The third-order valence-electron chi connectivity index (χ3n) is 3.73. The van der Waals surface area contributed by atoms with E-state index in [1.807, 2.05) is 13.1 Å². The van der Waals surface area contributed by atoms with Crippen LogP contribution in [0.2, 0.25) is 5.02 Å². The smallest absolute Gasteiger partial charge is 0.0591 e. The molecule has 0 aliphatic rings. The third-order valence-corrected chi connectivity index (χ3v) is 5.94. The summed E-state index contributed by atoms with van der Waals surface area (Å²) in [7, 11) is 1.99. The topological polar surface area (TPSA) is 12.0 Å². The van der Waals surface area contributed by atoms with Crippen LogP contribution in [0.25, 0.3) is 10.1 Å². The molecule has 1 unspecified atom stereocenters. The number of benzene rings is 2. The third kappa shape index (κ3) is 2.76. The first-order valence-electron chi connectivity index (χ1n) is 6.70. The number of hydrogen-bond acceptors (Lipinski definition) is 2. The fourth-order valence-electron chi connectivity index (χ4n) is 2.67. The Hall–Kier alpha value is -0.870. The van der Waals surface area contributed by atoms with Gasteiger partial charge >= 0.3 is 0 Å². The Bertz CT molecular complexity index is 797. The van der Waals surface area contributed by atoms with Crippen LogP contribution in [0.1, 0.15) is 22.7 Å². The second-order valence-corrected chi connectivity index (χ2v) is 7.20. The Kier molecular flexibility index (Phi) is 4.36. The molecule has 0 aliphatic carbocycles. The quantitative estimate of drug-likeness (QED) is 0.593. The lowest BCUT2D eigenvalue weighted by atomic mass is 9.95. The number of hydrogen-bond donors (Lipinski definition) is 1. The predicted octanol–water partition coefficient (Wildman–Crippen LogP) is 5.93. The Morgan fingerprint density at radius 2 is 2.00 bits per heavy atom. The first-order valence-corrected chi connectivity index (χ1v) is 8.76. The molecule has 0 saturated carbocycles. The maximum absolute atomic E-state index is 6.19. The van der Waals surface area contributed by atoms with Gasteiger partial charge in [-0.15, -0.1) is 11.3 Å². The maximum Gasteiger partial charge on any atom is 0.0591 e. The van der Waals surface area contributed by atoms with Gasteiger partial charge in [0.25, 0.3) is 0 Å². The molecule has 1 atom stereocenters. The van der Waals surface area contributed by atoms with Gasteiger partial charge in [0.15, 0.2) is 0 Å². The number of nitrogens with one attached hydrogen (secondary N) is 1. The zero-order valence-corrected chi connectivity index (χ0v) is 14.9. The van der Waals surface area contributed by atoms with E-state index in [2.05, 4.69) is 63.9 Å². The van der Waals surface area contributed by atoms with Crippen molar-refractivity contribution in [2.45, 2.75) is 13.0 Å². The molecular formula is C17H15BrClNS. The van der Waals surface area contributed by atoms with E-state index in [-0.39, 0.29) is 6.04 Å². The highest BCUT2D eigenvalue weighted by atomic mass is 79.9. The zero-order valence-electron chi connectivity index (χ0n) is 11.8. The van der Waals surface area contributed by atoms with E-state index in [4.69, 9.17) is 11.6 Å². The highest BCUT2D eigenvalue weighted by Crippen LogP contribution is 2.38. The lowest BCUT2D eigenvalue weighted by molar-refractivity contribution is 0.694. The van der Waals surface area contributed by atoms with Gasteiger partial charge in [-0.3, -0.25) is 0 Å². The zero-order chi connectivity index (χ0) is 15.0. The molecule has 1 heterocycles. The largest absolute Gasteiger partial charge is 0.309 e. The van der Waals surface area contributed by atoms with Crippen molar-refractivity contribution < 1.29 is 0 Å². The molecule has 108 valence electrons. The molecular weight excluding hydrogens is 366 g/mol. The van der Waals surface area contributed by atoms with E-state index in [0.717, 1.165) is 9.50 Å². The number of rotatable bonds is 3. The first-order chi connectivity index (χ1) is 10.1. The van der Waals surface area contributed by atoms with Crippen LogP contribution in [-0.2, 0) is 0 Å². The molecule has 21 heavy (non-hydrogen) atoms. The summed E-state index contributed by atoms with van der Waals surface area (Å²) in [6, 6.07) is 12.6. The van der Waals surface area contributed by atoms with Crippen LogP contribution in [-0.4, -0.2) is 7.05 Å². The summed E-state index contributed by atoms with van der Waals surface area (Å²) in [4.78, 5) is 0. The highest BCUT2D eigenvalue weighted by molar-refractivity contribution is 9.10. The van der Waals surface area contributed by atoms with Crippen LogP contribution in [0.3, 0.4) is 0 Å². The molecule has 1 N–H and O–H groups in total. The normalized spacial score (nSPS) is 12.8. The fourth-order valence-corrected chi connectivity index (χ4v) is 4.49. The maximum atomic E-state index is 6.19. The molecule has 0 bridgehead atoms. The molecule has 1 aromatic heterocycles. The van der Waals surface area contributed by atoms with Gasteiger partial charge in [0, 0.05) is 14.2 Å². The molecule has 3 rings (SSSR count). The van der Waals surface area contributed by atoms with Crippen molar-refractivity contribution in [3.8, 4) is 0 Å². The Morgan fingerprint density at radius 1 is 1.19 bits per heavy atom. The summed E-state index contributed by atoms with van der Waals surface area (Å²) >= 11 is 11.6. The summed E-state index contributed by atoms with van der Waals surface area (Å²) < 4.78 is 2.43. The van der Waals surface area contributed by atoms with E-state index >= 15 is 0 Å². The molecule has 0 saturated heterocycles. The Morgan fingerprint density at radius 3 is 2.76 bits per heavy atom. The van der Waals surface area contributed by atoms with Crippen LogP contribution in [0.15, 0.2) is 46.3 Å². The summed E-state index contributed by atoms with van der Waals surface area (Å²) in [6.07, 6.45) is 0. The minimum atomic E-state index is 0.145. The van der Waals surface area contributed by atoms with E-state index in [0.29, 0.717) is 0 Å². The van der Waals surface area contributed by atoms with Crippen molar-refractivity contribution >= 4 is 49.0 Å². The lowest BCUT2D eigenvalue weighted by Gasteiger charge is -2.19. The molecule has 0 spiro atoms. The van der Waals surface area contributed by atoms with Gasteiger partial charge in [0.05, 0.1) is 6.04 Å². The summed E-state index contributed by atoms with van der Waals surface area (Å²) in [6.45, 7) is 2.13. The van der Waals surface area contributed by atoms with Gasteiger partial charge in [-0.1, -0.05) is 29.8 Å². The minimum absolute atomic E-state index is 0.145. The van der Waals surface area contributed by atoms with Crippen molar-refractivity contribution in [2.75, 3.05) is 7.05 Å². The second kappa shape index (κ2) is 6.09. The van der Waals surface area contributed by atoms with Crippen LogP contribution < -0.4 is 5.32 Å². The number of fused-ring (bicyclic) bond motifs is 1. The molecule has 4 heteroatoms. The van der Waals surface area contributed by atoms with E-state index in [1.54, 1.807) is 11.3 Å². The van der Waals surface area contributed by atoms with Crippen LogP contribution in [0.4, 0.5) is 0 Å². The average Bonchev–Trinajstić information content (AvgIpc) is 2.89. The van der Waals surface area contributed by atoms with E-state index < -0.39 is 0 Å². The Labute approximate surface area is 142 Å². The summed E-state index contributed by atoms with van der Waals surface area (Å²) in [5.74, 6) is 0. The van der Waals surface area contributed by atoms with Gasteiger partial charge in [0.1, 0.15) is 0 Å². The van der Waals surface area contributed by atoms with Gasteiger partial charge < -0.3 is 5.32 Å². The van der Waals surface area contributed by atoms with E-state index in [9.17, 15) is 0 Å². The summed E-state index contributed by atoms with van der Waals surface area (Å²) in [5.41, 5.74) is 3.77. The Balaban J connectivity index is 2.19. The van der Waals surface area contributed by atoms with Crippen LogP contribution >= 0.6 is 38.9 Å². The number of thiophene rings is 1. The molecule has 2 aromatic carbocycles. The monoisotopic (exact) mass is 379 g/mol. The van der Waals surface area contributed by atoms with Gasteiger partial charge in [-0.25, -0.2) is 0 Å². The fraction of sp³-hybridized carbons (Fsp3) is 0.176. The first kappa shape index (κ1) is 15.0. The minimum Gasteiger partial charge on any atom is -0.309 e. The molecule has 0 amide bonds. The highest BCUT2D eigenvalue weighted by Gasteiger charge is 2.19. The van der Waals surface area contributed by atoms with Crippen LogP contribution in [0.5, 0.6) is 0 Å². The van der Waals surface area contributed by atoms with E-state index in [1.165, 1.54) is 26.8 Å². The predicted molar refractivity (Wildman–Crippen MR) is 96.6 cm³/mol. The van der Waals surface area contributed by atoms with Crippen LogP contribution in [0, 0.1) is 6.92 Å². The second-order valence-electron chi connectivity index (χ2n) is 5.03. The van der Waals surface area contributed by atoms with Crippen molar-refractivity contribution in [3.05, 3.63) is 68.0 Å². The molecule has 3 aromatic rings.